The number of nitrogens with one attached hydrogen (secondary N) is 1. The second kappa shape index (κ2) is 6.19. The van der Waals surface area contributed by atoms with Crippen LogP contribution in [0.1, 0.15) is 16.1 Å². The molecule has 7 nitrogen and oxygen atoms in total. The maximum absolute atomic E-state index is 10.9. The molecule has 0 fully saturated rings. The first-order chi connectivity index (χ1) is 9.97. The lowest BCUT2D eigenvalue weighted by molar-refractivity contribution is -0.384. The van der Waals surface area contributed by atoms with E-state index in [-0.39, 0.29) is 23.6 Å². The van der Waals surface area contributed by atoms with Gasteiger partial charge in [-0.05, 0) is 23.8 Å². The quantitative estimate of drug-likeness (QED) is 0.650. The van der Waals surface area contributed by atoms with E-state index in [1.807, 2.05) is 0 Å². The van der Waals surface area contributed by atoms with Gasteiger partial charge in [-0.25, -0.2) is 9.78 Å². The zero-order valence-electron chi connectivity index (χ0n) is 10.6. The molecule has 108 valence electrons. The molecule has 0 aliphatic carbocycles. The molecular formula is C13H10ClN3O4. The van der Waals surface area contributed by atoms with Crippen molar-refractivity contribution in [2.45, 2.75) is 6.54 Å². The lowest BCUT2D eigenvalue weighted by Gasteiger charge is -2.07. The molecule has 21 heavy (non-hydrogen) atoms. The van der Waals surface area contributed by atoms with E-state index >= 15 is 0 Å². The van der Waals surface area contributed by atoms with Gasteiger partial charge in [0.25, 0.3) is 5.69 Å². The zero-order valence-corrected chi connectivity index (χ0v) is 11.4. The monoisotopic (exact) mass is 307 g/mol. The Morgan fingerprint density at radius 1 is 1.38 bits per heavy atom. The van der Waals surface area contributed by atoms with Crippen LogP contribution in [-0.4, -0.2) is 21.0 Å². The summed E-state index contributed by atoms with van der Waals surface area (Å²) in [6, 6.07) is 7.16. The number of halogens is 1. The topological polar surface area (TPSA) is 105 Å². The molecule has 1 aromatic heterocycles. The molecule has 0 saturated heterocycles. The smallest absolute Gasteiger partial charge is 0.354 e. The van der Waals surface area contributed by atoms with Gasteiger partial charge < -0.3 is 10.4 Å². The molecule has 2 aromatic rings. The fraction of sp³-hybridized carbons (Fsp3) is 0.0769. The molecule has 0 spiro atoms. The SMILES string of the molecule is O=C(O)c1ccc(CNc2cc(Cl)ccc2[N+](=O)[O-])cn1. The number of nitro benzene ring substituents is 1. The molecule has 8 heteroatoms. The van der Waals surface area contributed by atoms with Gasteiger partial charge >= 0.3 is 5.97 Å². The number of aromatic carboxylic acids is 1. The van der Waals surface area contributed by atoms with Crippen molar-refractivity contribution in [2.24, 2.45) is 0 Å². The number of hydrogen-bond acceptors (Lipinski definition) is 5. The molecule has 0 bridgehead atoms. The highest BCUT2D eigenvalue weighted by molar-refractivity contribution is 6.31. The minimum absolute atomic E-state index is 0.0625. The average Bonchev–Trinajstić information content (AvgIpc) is 2.45. The van der Waals surface area contributed by atoms with Crippen LogP contribution in [0.3, 0.4) is 0 Å². The number of benzene rings is 1. The molecule has 0 aliphatic rings. The highest BCUT2D eigenvalue weighted by atomic mass is 35.5. The Balaban J connectivity index is 2.14. The fourth-order valence-electron chi connectivity index (χ4n) is 1.66. The van der Waals surface area contributed by atoms with Gasteiger partial charge in [-0.2, -0.15) is 0 Å². The standard InChI is InChI=1S/C13H10ClN3O4/c14-9-2-4-12(17(20)21)11(5-9)16-7-8-1-3-10(13(18)19)15-6-8/h1-6,16H,7H2,(H,18,19). The second-order valence-electron chi connectivity index (χ2n) is 4.13. The Morgan fingerprint density at radius 3 is 2.71 bits per heavy atom. The number of carbonyl (C=O) groups is 1. The number of nitrogens with zero attached hydrogens (tertiary/aromatic N) is 2. The van der Waals surface area contributed by atoms with Crippen LogP contribution in [-0.2, 0) is 6.54 Å². The van der Waals surface area contributed by atoms with Gasteiger partial charge in [-0.3, -0.25) is 10.1 Å². The Hall–Kier alpha value is -2.67. The molecule has 0 saturated carbocycles. The third-order valence-corrected chi connectivity index (χ3v) is 2.92. The van der Waals surface area contributed by atoms with E-state index < -0.39 is 10.9 Å². The van der Waals surface area contributed by atoms with Gasteiger partial charge in [0.2, 0.25) is 0 Å². The summed E-state index contributed by atoms with van der Waals surface area (Å²) in [4.78, 5) is 24.8. The average molecular weight is 308 g/mol. The van der Waals surface area contributed by atoms with Crippen molar-refractivity contribution < 1.29 is 14.8 Å². The number of carboxylic acids is 1. The second-order valence-corrected chi connectivity index (χ2v) is 4.57. The van der Waals surface area contributed by atoms with Crippen molar-refractivity contribution in [2.75, 3.05) is 5.32 Å². The summed E-state index contributed by atoms with van der Waals surface area (Å²) in [5.41, 5.74) is 0.825. The first-order valence-corrected chi connectivity index (χ1v) is 6.21. The summed E-state index contributed by atoms with van der Waals surface area (Å²) in [5, 5.41) is 22.9. The number of nitro groups is 1. The van der Waals surface area contributed by atoms with Crippen LogP contribution in [0.15, 0.2) is 36.5 Å². The van der Waals surface area contributed by atoms with Crippen molar-refractivity contribution >= 4 is 28.9 Å². The molecule has 2 N–H and O–H groups in total. The molecule has 0 unspecified atom stereocenters. The Bertz CT molecular complexity index is 688. The first kappa shape index (κ1) is 14.7. The van der Waals surface area contributed by atoms with E-state index in [0.29, 0.717) is 10.6 Å². The highest BCUT2D eigenvalue weighted by Crippen LogP contribution is 2.27. The third-order valence-electron chi connectivity index (χ3n) is 2.68. The third kappa shape index (κ3) is 3.67. The molecule has 1 aromatic carbocycles. The predicted octanol–water partition coefficient (Wildman–Crippen LogP) is 2.95. The van der Waals surface area contributed by atoms with E-state index in [1.54, 1.807) is 6.07 Å². The van der Waals surface area contributed by atoms with Crippen LogP contribution < -0.4 is 5.32 Å². The minimum atomic E-state index is -1.11. The van der Waals surface area contributed by atoms with Gasteiger partial charge in [0.15, 0.2) is 0 Å². The van der Waals surface area contributed by atoms with E-state index in [2.05, 4.69) is 10.3 Å². The number of aromatic nitrogens is 1. The Labute approximate surface area is 124 Å². The molecule has 0 atom stereocenters. The van der Waals surface area contributed by atoms with E-state index in [4.69, 9.17) is 16.7 Å². The van der Waals surface area contributed by atoms with Crippen molar-refractivity contribution in [1.29, 1.82) is 0 Å². The van der Waals surface area contributed by atoms with Gasteiger partial charge in [0, 0.05) is 23.8 Å². The van der Waals surface area contributed by atoms with E-state index in [0.717, 1.165) is 0 Å². The van der Waals surface area contributed by atoms with Crippen LogP contribution >= 0.6 is 11.6 Å². The molecular weight excluding hydrogens is 298 g/mol. The van der Waals surface area contributed by atoms with E-state index in [1.165, 1.54) is 30.5 Å². The maximum Gasteiger partial charge on any atom is 0.354 e. The Kier molecular flexibility index (Phi) is 4.34. The summed E-state index contributed by atoms with van der Waals surface area (Å²) in [5.74, 6) is -1.11. The minimum Gasteiger partial charge on any atom is -0.477 e. The molecule has 0 radical (unpaired) electrons. The van der Waals surface area contributed by atoms with Gasteiger partial charge in [-0.1, -0.05) is 17.7 Å². The predicted molar refractivity (Wildman–Crippen MR) is 76.6 cm³/mol. The number of carboxylic acid groups (broad SMARTS) is 1. The van der Waals surface area contributed by atoms with Crippen LogP contribution in [0.2, 0.25) is 5.02 Å². The number of rotatable bonds is 5. The molecule has 0 aliphatic heterocycles. The number of hydrogen-bond donors (Lipinski definition) is 2. The summed E-state index contributed by atoms with van der Waals surface area (Å²) in [6.45, 7) is 0.258. The van der Waals surface area contributed by atoms with Crippen molar-refractivity contribution in [1.82, 2.24) is 4.98 Å². The van der Waals surface area contributed by atoms with Crippen molar-refractivity contribution in [3.05, 3.63) is 62.9 Å². The zero-order chi connectivity index (χ0) is 15.4. The summed E-state index contributed by atoms with van der Waals surface area (Å²) < 4.78 is 0. The van der Waals surface area contributed by atoms with Gasteiger partial charge in [0.05, 0.1) is 4.92 Å². The normalized spacial score (nSPS) is 10.1. The number of pyridine rings is 1. The van der Waals surface area contributed by atoms with Crippen molar-refractivity contribution in [3.8, 4) is 0 Å². The van der Waals surface area contributed by atoms with Crippen LogP contribution in [0, 0.1) is 10.1 Å². The van der Waals surface area contributed by atoms with Crippen LogP contribution in [0.4, 0.5) is 11.4 Å². The lowest BCUT2D eigenvalue weighted by Crippen LogP contribution is -2.05. The summed E-state index contributed by atoms with van der Waals surface area (Å²) >= 11 is 5.82. The largest absolute Gasteiger partial charge is 0.477 e. The highest BCUT2D eigenvalue weighted by Gasteiger charge is 2.13. The molecule has 0 amide bonds. The maximum atomic E-state index is 10.9. The molecule has 2 rings (SSSR count). The van der Waals surface area contributed by atoms with Crippen molar-refractivity contribution in [3.63, 3.8) is 0 Å². The van der Waals surface area contributed by atoms with Gasteiger partial charge in [0.1, 0.15) is 11.4 Å². The Morgan fingerprint density at radius 2 is 2.14 bits per heavy atom. The summed E-state index contributed by atoms with van der Waals surface area (Å²) in [6.07, 6.45) is 1.40. The van der Waals surface area contributed by atoms with Crippen LogP contribution in [0.25, 0.3) is 0 Å². The number of anilines is 1. The van der Waals surface area contributed by atoms with E-state index in [9.17, 15) is 14.9 Å². The van der Waals surface area contributed by atoms with Crippen LogP contribution in [0.5, 0.6) is 0 Å². The first-order valence-electron chi connectivity index (χ1n) is 5.83. The summed E-state index contributed by atoms with van der Waals surface area (Å²) in [7, 11) is 0. The molecule has 1 heterocycles. The van der Waals surface area contributed by atoms with Gasteiger partial charge in [-0.15, -0.1) is 0 Å². The lowest BCUT2D eigenvalue weighted by atomic mass is 10.2. The fourth-order valence-corrected chi connectivity index (χ4v) is 1.83.